The molecule has 0 aliphatic carbocycles. The molecule has 1 amide bonds. The zero-order valence-electron chi connectivity index (χ0n) is 16.6. The Labute approximate surface area is 156 Å². The van der Waals surface area contributed by atoms with Crippen molar-refractivity contribution in [2.24, 2.45) is 0 Å². The fourth-order valence-electron chi connectivity index (χ4n) is 2.72. The molecule has 1 fully saturated rings. The summed E-state index contributed by atoms with van der Waals surface area (Å²) < 4.78 is 17.4. The van der Waals surface area contributed by atoms with E-state index < -0.39 is 5.60 Å². The quantitative estimate of drug-likeness (QED) is 0.765. The van der Waals surface area contributed by atoms with E-state index in [0.29, 0.717) is 25.6 Å². The van der Waals surface area contributed by atoms with Crippen LogP contribution in [-0.4, -0.2) is 69.0 Å². The van der Waals surface area contributed by atoms with Crippen LogP contribution in [0.15, 0.2) is 24.3 Å². The summed E-state index contributed by atoms with van der Waals surface area (Å²) in [5.74, 6) is 0.535. The van der Waals surface area contributed by atoms with E-state index >= 15 is 0 Å². The molecule has 0 spiro atoms. The van der Waals surface area contributed by atoms with Gasteiger partial charge in [0.15, 0.2) is 5.60 Å². The molecular formula is C20H32N2O4. The molecule has 2 atom stereocenters. The van der Waals surface area contributed by atoms with Gasteiger partial charge in [-0.15, -0.1) is 0 Å². The number of hydrogen-bond acceptors (Lipinski definition) is 5. The lowest BCUT2D eigenvalue weighted by Crippen LogP contribution is -2.56. The number of carbonyl (C=O) groups excluding carboxylic acids is 1. The monoisotopic (exact) mass is 364 g/mol. The molecule has 1 N–H and O–H groups in total. The van der Waals surface area contributed by atoms with E-state index in [1.807, 2.05) is 45.3 Å². The standard InChI is InChI=1S/C20H32N2O4/c1-15-6-8-16(9-7-15)26-20(2,3)19(23)21-17-10-12-24-14-18(17)25-13-11-22(4)5/h6-9,17-18H,10-14H2,1-5H3,(H,21,23)/t17-,18-/m0/s1. The Morgan fingerprint density at radius 2 is 2.00 bits per heavy atom. The lowest BCUT2D eigenvalue weighted by atomic mass is 10.0. The number of carbonyl (C=O) groups is 1. The van der Waals surface area contributed by atoms with Crippen LogP contribution in [0.25, 0.3) is 0 Å². The molecule has 26 heavy (non-hydrogen) atoms. The molecule has 1 aliphatic rings. The number of amides is 1. The number of rotatable bonds is 8. The van der Waals surface area contributed by atoms with Gasteiger partial charge < -0.3 is 24.4 Å². The summed E-state index contributed by atoms with van der Waals surface area (Å²) in [4.78, 5) is 14.9. The van der Waals surface area contributed by atoms with Crippen LogP contribution in [0.1, 0.15) is 25.8 Å². The molecule has 1 heterocycles. The summed E-state index contributed by atoms with van der Waals surface area (Å²) in [5, 5.41) is 3.10. The van der Waals surface area contributed by atoms with Gasteiger partial charge >= 0.3 is 0 Å². The van der Waals surface area contributed by atoms with E-state index in [9.17, 15) is 4.79 Å². The minimum atomic E-state index is -0.970. The number of benzene rings is 1. The smallest absolute Gasteiger partial charge is 0.263 e. The fourth-order valence-corrected chi connectivity index (χ4v) is 2.72. The minimum Gasteiger partial charge on any atom is -0.478 e. The van der Waals surface area contributed by atoms with Gasteiger partial charge in [-0.2, -0.15) is 0 Å². The van der Waals surface area contributed by atoms with Crippen LogP contribution in [0.5, 0.6) is 5.75 Å². The number of ether oxygens (including phenoxy) is 3. The van der Waals surface area contributed by atoms with Crippen molar-refractivity contribution in [3.05, 3.63) is 29.8 Å². The second kappa shape index (κ2) is 9.35. The van der Waals surface area contributed by atoms with Crippen LogP contribution in [0.4, 0.5) is 0 Å². The molecule has 6 nitrogen and oxygen atoms in total. The highest BCUT2D eigenvalue weighted by atomic mass is 16.5. The number of nitrogens with zero attached hydrogens (tertiary/aromatic N) is 1. The molecule has 1 aliphatic heterocycles. The Morgan fingerprint density at radius 3 is 2.65 bits per heavy atom. The maximum Gasteiger partial charge on any atom is 0.263 e. The molecule has 0 bridgehead atoms. The molecule has 146 valence electrons. The molecular weight excluding hydrogens is 332 g/mol. The third kappa shape index (κ3) is 6.27. The molecule has 6 heteroatoms. The van der Waals surface area contributed by atoms with Gasteiger partial charge in [0, 0.05) is 13.2 Å². The second-order valence-electron chi connectivity index (χ2n) is 7.58. The molecule has 0 aromatic heterocycles. The maximum absolute atomic E-state index is 12.8. The molecule has 0 radical (unpaired) electrons. The highest BCUT2D eigenvalue weighted by molar-refractivity contribution is 5.85. The van der Waals surface area contributed by atoms with Gasteiger partial charge in [0.2, 0.25) is 0 Å². The first-order valence-corrected chi connectivity index (χ1v) is 9.18. The molecule has 1 saturated heterocycles. The van der Waals surface area contributed by atoms with Gasteiger partial charge in [-0.25, -0.2) is 0 Å². The molecule has 0 saturated carbocycles. The summed E-state index contributed by atoms with van der Waals surface area (Å²) in [6.45, 7) is 8.14. The normalized spacial score (nSPS) is 20.8. The zero-order chi connectivity index (χ0) is 19.2. The van der Waals surface area contributed by atoms with E-state index in [-0.39, 0.29) is 18.1 Å². The number of likely N-dealkylation sites (N-methyl/N-ethyl adjacent to an activating group) is 1. The first-order chi connectivity index (χ1) is 12.3. The Morgan fingerprint density at radius 1 is 1.31 bits per heavy atom. The van der Waals surface area contributed by atoms with Crippen molar-refractivity contribution in [1.82, 2.24) is 10.2 Å². The topological polar surface area (TPSA) is 60.0 Å². The maximum atomic E-state index is 12.8. The Bertz CT molecular complexity index is 572. The van der Waals surface area contributed by atoms with Gasteiger partial charge in [-0.3, -0.25) is 4.79 Å². The van der Waals surface area contributed by atoms with Crippen molar-refractivity contribution in [2.45, 2.75) is 44.9 Å². The lowest BCUT2D eigenvalue weighted by molar-refractivity contribution is -0.139. The average molecular weight is 364 g/mol. The van der Waals surface area contributed by atoms with Crippen molar-refractivity contribution >= 4 is 5.91 Å². The van der Waals surface area contributed by atoms with Gasteiger partial charge in [0.05, 0.1) is 19.3 Å². The number of aryl methyl sites for hydroxylation is 1. The third-order valence-corrected chi connectivity index (χ3v) is 4.43. The van der Waals surface area contributed by atoms with Gasteiger partial charge in [0.1, 0.15) is 11.9 Å². The van der Waals surface area contributed by atoms with E-state index in [2.05, 4.69) is 10.2 Å². The van der Waals surface area contributed by atoms with Crippen molar-refractivity contribution in [3.63, 3.8) is 0 Å². The molecule has 2 rings (SSSR count). The Hall–Kier alpha value is -1.63. The van der Waals surface area contributed by atoms with Gasteiger partial charge in [-0.05, 0) is 53.4 Å². The van der Waals surface area contributed by atoms with E-state index in [1.54, 1.807) is 13.8 Å². The van der Waals surface area contributed by atoms with Crippen molar-refractivity contribution in [1.29, 1.82) is 0 Å². The first-order valence-electron chi connectivity index (χ1n) is 9.18. The lowest BCUT2D eigenvalue weighted by Gasteiger charge is -2.35. The SMILES string of the molecule is Cc1ccc(OC(C)(C)C(=O)N[C@H]2CCOC[C@@H]2OCCN(C)C)cc1. The summed E-state index contributed by atoms with van der Waals surface area (Å²) in [5.41, 5.74) is 0.182. The van der Waals surface area contributed by atoms with Crippen molar-refractivity contribution in [2.75, 3.05) is 40.5 Å². The highest BCUT2D eigenvalue weighted by Gasteiger charge is 2.35. The zero-order valence-corrected chi connectivity index (χ0v) is 16.6. The minimum absolute atomic E-state index is 0.0701. The van der Waals surface area contributed by atoms with Crippen LogP contribution < -0.4 is 10.1 Å². The average Bonchev–Trinajstić information content (AvgIpc) is 2.58. The summed E-state index contributed by atoms with van der Waals surface area (Å²) in [6.07, 6.45) is 0.599. The number of nitrogens with one attached hydrogen (secondary N) is 1. The van der Waals surface area contributed by atoms with Crippen molar-refractivity contribution in [3.8, 4) is 5.75 Å². The van der Waals surface area contributed by atoms with Crippen LogP contribution in [0.3, 0.4) is 0 Å². The molecule has 1 aromatic rings. The Balaban J connectivity index is 1.92. The van der Waals surface area contributed by atoms with E-state index in [4.69, 9.17) is 14.2 Å². The van der Waals surface area contributed by atoms with Gasteiger partial charge in [-0.1, -0.05) is 17.7 Å². The predicted octanol–water partition coefficient (Wildman–Crippen LogP) is 2.00. The van der Waals surface area contributed by atoms with Crippen molar-refractivity contribution < 1.29 is 19.0 Å². The van der Waals surface area contributed by atoms with E-state index in [0.717, 1.165) is 18.5 Å². The molecule has 1 aromatic carbocycles. The predicted molar refractivity (Wildman–Crippen MR) is 102 cm³/mol. The van der Waals surface area contributed by atoms with Crippen LogP contribution in [-0.2, 0) is 14.3 Å². The van der Waals surface area contributed by atoms with Crippen LogP contribution in [0.2, 0.25) is 0 Å². The Kier molecular flexibility index (Phi) is 7.43. The fraction of sp³-hybridized carbons (Fsp3) is 0.650. The number of hydrogen-bond donors (Lipinski definition) is 1. The van der Waals surface area contributed by atoms with E-state index in [1.165, 1.54) is 0 Å². The largest absolute Gasteiger partial charge is 0.478 e. The summed E-state index contributed by atoms with van der Waals surface area (Å²) >= 11 is 0. The second-order valence-corrected chi connectivity index (χ2v) is 7.58. The van der Waals surface area contributed by atoms with Gasteiger partial charge in [0.25, 0.3) is 5.91 Å². The third-order valence-electron chi connectivity index (χ3n) is 4.43. The summed E-state index contributed by atoms with van der Waals surface area (Å²) in [7, 11) is 4.01. The molecule has 0 unspecified atom stereocenters. The summed E-state index contributed by atoms with van der Waals surface area (Å²) in [6, 6.07) is 7.63. The first kappa shape index (κ1) is 20.7. The highest BCUT2D eigenvalue weighted by Crippen LogP contribution is 2.20. The van der Waals surface area contributed by atoms with Crippen LogP contribution >= 0.6 is 0 Å². The van der Waals surface area contributed by atoms with Crippen LogP contribution in [0, 0.1) is 6.92 Å².